The van der Waals surface area contributed by atoms with Crippen LogP contribution in [0.15, 0.2) is 52.6 Å². The number of hydrogen-bond donors (Lipinski definition) is 0. The molecule has 0 heterocycles. The number of hydrogen-bond acceptors (Lipinski definition) is 0. The van der Waals surface area contributed by atoms with Gasteiger partial charge in [-0.1, -0.05) is 53.6 Å². The maximum atomic E-state index is 2.44. The Morgan fingerprint density at radius 3 is 1.76 bits per heavy atom. The Bertz CT molecular complexity index is 468. The third-order valence-electron chi connectivity index (χ3n) is 4.74. The summed E-state index contributed by atoms with van der Waals surface area (Å²) in [7, 11) is -0.306. The van der Waals surface area contributed by atoms with E-state index in [0.717, 1.165) is 0 Å². The summed E-state index contributed by atoms with van der Waals surface area (Å²) >= 11 is 0. The van der Waals surface area contributed by atoms with E-state index in [2.05, 4.69) is 65.0 Å². The van der Waals surface area contributed by atoms with Gasteiger partial charge < -0.3 is 0 Å². The normalized spacial score (nSPS) is 19.8. The SMILES string of the molecule is CC1=C(C)C(C)([SiH2]c2ccccc2)C(C)=C1C. The molecule has 0 saturated heterocycles. The van der Waals surface area contributed by atoms with Gasteiger partial charge in [0.15, 0.2) is 0 Å². The van der Waals surface area contributed by atoms with E-state index in [1.165, 1.54) is 11.1 Å². The average Bonchev–Trinajstić information content (AvgIpc) is 2.47. The number of rotatable bonds is 2. The van der Waals surface area contributed by atoms with Gasteiger partial charge >= 0.3 is 0 Å². The lowest BCUT2D eigenvalue weighted by atomic mass is 9.98. The maximum absolute atomic E-state index is 2.44. The molecule has 0 aliphatic heterocycles. The van der Waals surface area contributed by atoms with Crippen molar-refractivity contribution >= 4 is 14.7 Å². The molecular weight excluding hydrogens is 220 g/mol. The van der Waals surface area contributed by atoms with Crippen molar-refractivity contribution in [1.82, 2.24) is 0 Å². The fourth-order valence-corrected chi connectivity index (χ4v) is 5.33. The lowest BCUT2D eigenvalue weighted by Crippen LogP contribution is -2.28. The summed E-state index contributed by atoms with van der Waals surface area (Å²) in [6.45, 7) is 11.6. The van der Waals surface area contributed by atoms with E-state index in [4.69, 9.17) is 0 Å². The summed E-state index contributed by atoms with van der Waals surface area (Å²) in [4.78, 5) is 0. The first-order valence-electron chi connectivity index (χ1n) is 6.37. The first-order valence-corrected chi connectivity index (χ1v) is 7.78. The van der Waals surface area contributed by atoms with Crippen molar-refractivity contribution < 1.29 is 0 Å². The van der Waals surface area contributed by atoms with Crippen LogP contribution in [-0.4, -0.2) is 9.52 Å². The second-order valence-electron chi connectivity index (χ2n) is 5.49. The zero-order valence-electron chi connectivity index (χ0n) is 11.6. The summed E-state index contributed by atoms with van der Waals surface area (Å²) in [5, 5.41) is 1.92. The Morgan fingerprint density at radius 2 is 1.29 bits per heavy atom. The van der Waals surface area contributed by atoms with Crippen LogP contribution < -0.4 is 5.19 Å². The highest BCUT2D eigenvalue weighted by Crippen LogP contribution is 2.51. The van der Waals surface area contributed by atoms with E-state index >= 15 is 0 Å². The fraction of sp³-hybridized carbons (Fsp3) is 0.375. The van der Waals surface area contributed by atoms with Crippen LogP contribution in [0.25, 0.3) is 0 Å². The molecule has 1 heteroatoms. The summed E-state index contributed by atoms with van der Waals surface area (Å²) in [6.07, 6.45) is 0. The molecule has 0 N–H and O–H groups in total. The van der Waals surface area contributed by atoms with E-state index < -0.39 is 0 Å². The van der Waals surface area contributed by atoms with Crippen molar-refractivity contribution in [3.8, 4) is 0 Å². The molecule has 0 saturated carbocycles. The summed E-state index contributed by atoms with van der Waals surface area (Å²) < 4.78 is 0. The van der Waals surface area contributed by atoms with E-state index in [1.807, 2.05) is 0 Å². The minimum atomic E-state index is -0.306. The molecule has 0 fully saturated rings. The molecule has 0 spiro atoms. The van der Waals surface area contributed by atoms with Crippen LogP contribution in [0.5, 0.6) is 0 Å². The largest absolute Gasteiger partial charge is 0.0705 e. The van der Waals surface area contributed by atoms with Crippen LogP contribution >= 0.6 is 0 Å². The van der Waals surface area contributed by atoms with Gasteiger partial charge in [-0.05, 0) is 38.8 Å². The van der Waals surface area contributed by atoms with Crippen molar-refractivity contribution in [2.24, 2.45) is 0 Å². The second kappa shape index (κ2) is 4.30. The van der Waals surface area contributed by atoms with Gasteiger partial charge in [0.2, 0.25) is 0 Å². The molecule has 90 valence electrons. The summed E-state index contributed by atoms with van der Waals surface area (Å²) in [5.74, 6) is 0. The van der Waals surface area contributed by atoms with Crippen molar-refractivity contribution in [2.45, 2.75) is 39.7 Å². The van der Waals surface area contributed by atoms with E-state index in [1.54, 1.807) is 16.3 Å². The maximum Gasteiger partial charge on any atom is 0.0705 e. The molecule has 1 aromatic rings. The van der Waals surface area contributed by atoms with Crippen LogP contribution in [0.4, 0.5) is 0 Å². The fourth-order valence-electron chi connectivity index (χ4n) is 2.94. The third kappa shape index (κ3) is 1.93. The van der Waals surface area contributed by atoms with Gasteiger partial charge in [-0.15, -0.1) is 0 Å². The molecule has 0 amide bonds. The molecule has 1 aliphatic rings. The first kappa shape index (κ1) is 12.4. The van der Waals surface area contributed by atoms with Crippen LogP contribution in [-0.2, 0) is 0 Å². The van der Waals surface area contributed by atoms with Gasteiger partial charge in [-0.25, -0.2) is 0 Å². The lowest BCUT2D eigenvalue weighted by molar-refractivity contribution is 0.833. The van der Waals surface area contributed by atoms with Gasteiger partial charge in [0.05, 0.1) is 9.52 Å². The van der Waals surface area contributed by atoms with Gasteiger partial charge in [0.25, 0.3) is 0 Å². The van der Waals surface area contributed by atoms with Crippen molar-refractivity contribution in [3.63, 3.8) is 0 Å². The highest BCUT2D eigenvalue weighted by molar-refractivity contribution is 6.58. The van der Waals surface area contributed by atoms with Crippen LogP contribution in [0.3, 0.4) is 0 Å². The Kier molecular flexibility index (Phi) is 3.13. The van der Waals surface area contributed by atoms with Gasteiger partial charge in [-0.2, -0.15) is 0 Å². The molecule has 0 nitrogen and oxygen atoms in total. The van der Waals surface area contributed by atoms with Gasteiger partial charge in [0, 0.05) is 5.04 Å². The van der Waals surface area contributed by atoms with Crippen molar-refractivity contribution in [3.05, 3.63) is 52.6 Å². The average molecular weight is 242 g/mol. The summed E-state index contributed by atoms with van der Waals surface area (Å²) in [6, 6.07) is 11.0. The van der Waals surface area contributed by atoms with Crippen LogP contribution in [0.2, 0.25) is 5.04 Å². The van der Waals surface area contributed by atoms with Crippen LogP contribution in [0.1, 0.15) is 34.6 Å². The molecule has 1 aromatic carbocycles. The minimum Gasteiger partial charge on any atom is -0.0656 e. The predicted molar refractivity (Wildman–Crippen MR) is 79.7 cm³/mol. The van der Waals surface area contributed by atoms with Crippen molar-refractivity contribution in [1.29, 1.82) is 0 Å². The van der Waals surface area contributed by atoms with Gasteiger partial charge in [-0.3, -0.25) is 0 Å². The molecule has 0 atom stereocenters. The second-order valence-corrected chi connectivity index (χ2v) is 8.08. The molecular formula is C16H22Si. The molecule has 0 bridgehead atoms. The highest BCUT2D eigenvalue weighted by Gasteiger charge is 2.36. The topological polar surface area (TPSA) is 0 Å². The third-order valence-corrected chi connectivity index (χ3v) is 7.39. The summed E-state index contributed by atoms with van der Waals surface area (Å²) in [5.41, 5.74) is 6.24. The predicted octanol–water partition coefficient (Wildman–Crippen LogP) is 3.35. The van der Waals surface area contributed by atoms with Gasteiger partial charge in [0.1, 0.15) is 0 Å². The van der Waals surface area contributed by atoms with E-state index in [0.29, 0.717) is 5.04 Å². The molecule has 0 radical (unpaired) electrons. The number of benzene rings is 1. The van der Waals surface area contributed by atoms with Crippen molar-refractivity contribution in [2.75, 3.05) is 0 Å². The lowest BCUT2D eigenvalue weighted by Gasteiger charge is -2.29. The quantitative estimate of drug-likeness (QED) is 0.698. The van der Waals surface area contributed by atoms with E-state index in [9.17, 15) is 0 Å². The first-order chi connectivity index (χ1) is 7.97. The standard InChI is InChI=1S/C16H22Si/c1-11-12(2)14(4)16(5,13(11)3)17-15-9-7-6-8-10-15/h6-10H,17H2,1-5H3. The molecule has 2 rings (SSSR count). The zero-order chi connectivity index (χ0) is 12.6. The Labute approximate surface area is 107 Å². The van der Waals surface area contributed by atoms with Crippen LogP contribution in [0, 0.1) is 0 Å². The Balaban J connectivity index is 2.39. The molecule has 1 aliphatic carbocycles. The van der Waals surface area contributed by atoms with E-state index in [-0.39, 0.29) is 9.52 Å². The number of allylic oxidation sites excluding steroid dienone is 4. The highest BCUT2D eigenvalue weighted by atomic mass is 28.2. The Morgan fingerprint density at radius 1 is 0.824 bits per heavy atom. The zero-order valence-corrected chi connectivity index (χ0v) is 13.0. The monoisotopic (exact) mass is 242 g/mol. The molecule has 0 unspecified atom stereocenters. The molecule has 0 aromatic heterocycles. The molecule has 17 heavy (non-hydrogen) atoms. The minimum absolute atomic E-state index is 0.306. The Hall–Kier alpha value is -1.08. The smallest absolute Gasteiger partial charge is 0.0656 e.